The predicted molar refractivity (Wildman–Crippen MR) is 53.2 cm³/mol. The third-order valence-electron chi connectivity index (χ3n) is 2.14. The van der Waals surface area contributed by atoms with Gasteiger partial charge in [0.1, 0.15) is 6.33 Å². The normalized spacial score (nSPS) is 15.4. The van der Waals surface area contributed by atoms with Crippen molar-refractivity contribution in [3.8, 4) is 0 Å². The molecule has 2 rings (SSSR count). The Kier molecular flexibility index (Phi) is 2.62. The van der Waals surface area contributed by atoms with Crippen LogP contribution in [0.2, 0.25) is 0 Å². The molecule has 5 nitrogen and oxygen atoms in total. The Morgan fingerprint density at radius 2 is 2.57 bits per heavy atom. The summed E-state index contributed by atoms with van der Waals surface area (Å²) >= 11 is 4.95. The summed E-state index contributed by atoms with van der Waals surface area (Å²) < 4.78 is 2.31. The first-order valence-electron chi connectivity index (χ1n) is 4.65. The average Bonchev–Trinajstić information content (AvgIpc) is 2.86. The minimum Gasteiger partial charge on any atom is -0.353 e. The van der Waals surface area contributed by atoms with Gasteiger partial charge in [-0.05, 0) is 25.1 Å². The average molecular weight is 212 g/mol. The van der Waals surface area contributed by atoms with Gasteiger partial charge in [-0.1, -0.05) is 0 Å². The van der Waals surface area contributed by atoms with E-state index >= 15 is 0 Å². The summed E-state index contributed by atoms with van der Waals surface area (Å²) in [6, 6.07) is 0.430. The highest BCUT2D eigenvalue weighted by atomic mass is 32.1. The Morgan fingerprint density at radius 1 is 1.79 bits per heavy atom. The van der Waals surface area contributed by atoms with Crippen molar-refractivity contribution >= 4 is 18.1 Å². The third kappa shape index (κ3) is 2.41. The second-order valence-corrected chi connectivity index (χ2v) is 3.83. The summed E-state index contributed by atoms with van der Waals surface area (Å²) in [5, 5.41) is 9.34. The van der Waals surface area contributed by atoms with Crippen LogP contribution in [0.15, 0.2) is 6.33 Å². The number of aryl methyl sites for hydroxylation is 1. The zero-order chi connectivity index (χ0) is 9.97. The van der Waals surface area contributed by atoms with Crippen LogP contribution < -0.4 is 5.32 Å². The van der Waals surface area contributed by atoms with Gasteiger partial charge in [0.15, 0.2) is 4.77 Å². The number of hydrogen-bond donors (Lipinski definition) is 2. The van der Waals surface area contributed by atoms with E-state index in [0.29, 0.717) is 23.8 Å². The van der Waals surface area contributed by atoms with Gasteiger partial charge in [0.25, 0.3) is 0 Å². The number of aromatic amines is 1. The van der Waals surface area contributed by atoms with E-state index in [1.54, 1.807) is 10.9 Å². The molecule has 14 heavy (non-hydrogen) atoms. The largest absolute Gasteiger partial charge is 0.353 e. The summed E-state index contributed by atoms with van der Waals surface area (Å²) in [5.41, 5.74) is 0. The maximum absolute atomic E-state index is 11.3. The molecule has 2 N–H and O–H groups in total. The van der Waals surface area contributed by atoms with E-state index in [4.69, 9.17) is 12.2 Å². The van der Waals surface area contributed by atoms with Crippen molar-refractivity contribution in [2.45, 2.75) is 31.8 Å². The minimum absolute atomic E-state index is 0.0931. The number of hydrogen-bond acceptors (Lipinski definition) is 3. The van der Waals surface area contributed by atoms with Gasteiger partial charge in [0.2, 0.25) is 5.91 Å². The van der Waals surface area contributed by atoms with Crippen molar-refractivity contribution in [2.75, 3.05) is 0 Å². The fourth-order valence-electron chi connectivity index (χ4n) is 1.18. The van der Waals surface area contributed by atoms with Gasteiger partial charge in [-0.3, -0.25) is 9.89 Å². The molecule has 1 amide bonds. The first-order chi connectivity index (χ1) is 6.75. The maximum atomic E-state index is 11.3. The zero-order valence-electron chi connectivity index (χ0n) is 7.69. The van der Waals surface area contributed by atoms with E-state index in [9.17, 15) is 4.79 Å². The van der Waals surface area contributed by atoms with Gasteiger partial charge in [-0.15, -0.1) is 0 Å². The van der Waals surface area contributed by atoms with E-state index in [-0.39, 0.29) is 5.91 Å². The highest BCUT2D eigenvalue weighted by molar-refractivity contribution is 7.71. The molecule has 1 heterocycles. The summed E-state index contributed by atoms with van der Waals surface area (Å²) in [6.45, 7) is 0.591. The summed E-state index contributed by atoms with van der Waals surface area (Å²) in [4.78, 5) is 11.3. The molecular formula is C8H12N4OS. The Morgan fingerprint density at radius 3 is 3.14 bits per heavy atom. The molecule has 1 aromatic rings. The number of amides is 1. The SMILES string of the molecule is O=C(CCn1cn[nH]c1=S)NC1CC1. The topological polar surface area (TPSA) is 62.7 Å². The fourth-order valence-corrected chi connectivity index (χ4v) is 1.37. The van der Waals surface area contributed by atoms with Crippen LogP contribution in [-0.4, -0.2) is 26.7 Å². The molecule has 0 atom stereocenters. The monoisotopic (exact) mass is 212 g/mol. The lowest BCUT2D eigenvalue weighted by Crippen LogP contribution is -2.26. The Bertz CT molecular complexity index is 379. The summed E-state index contributed by atoms with van der Waals surface area (Å²) in [6.07, 6.45) is 4.31. The highest BCUT2D eigenvalue weighted by Crippen LogP contribution is 2.18. The van der Waals surface area contributed by atoms with Crippen molar-refractivity contribution in [3.63, 3.8) is 0 Å². The van der Waals surface area contributed by atoms with Crippen molar-refractivity contribution in [1.82, 2.24) is 20.1 Å². The summed E-state index contributed by atoms with van der Waals surface area (Å²) in [5.74, 6) is 0.0931. The van der Waals surface area contributed by atoms with E-state index in [0.717, 1.165) is 12.8 Å². The van der Waals surface area contributed by atoms with Crippen molar-refractivity contribution in [1.29, 1.82) is 0 Å². The molecule has 1 saturated carbocycles. The van der Waals surface area contributed by atoms with Crippen LogP contribution in [0.3, 0.4) is 0 Å². The quantitative estimate of drug-likeness (QED) is 0.719. The number of H-pyrrole nitrogens is 1. The molecule has 0 radical (unpaired) electrons. The smallest absolute Gasteiger partial charge is 0.222 e. The molecule has 1 fully saturated rings. The van der Waals surface area contributed by atoms with Crippen LogP contribution in [-0.2, 0) is 11.3 Å². The third-order valence-corrected chi connectivity index (χ3v) is 2.47. The molecule has 6 heteroatoms. The molecule has 0 spiro atoms. The first-order valence-corrected chi connectivity index (χ1v) is 5.06. The van der Waals surface area contributed by atoms with E-state index in [1.807, 2.05) is 0 Å². The number of nitrogens with zero attached hydrogens (tertiary/aromatic N) is 2. The Labute approximate surface area is 86.5 Å². The lowest BCUT2D eigenvalue weighted by Gasteiger charge is -2.02. The van der Waals surface area contributed by atoms with Gasteiger partial charge in [0.05, 0.1) is 0 Å². The van der Waals surface area contributed by atoms with Crippen LogP contribution in [0.25, 0.3) is 0 Å². The molecule has 0 aromatic carbocycles. The van der Waals surface area contributed by atoms with Gasteiger partial charge in [-0.25, -0.2) is 0 Å². The van der Waals surface area contributed by atoms with Crippen molar-refractivity contribution in [3.05, 3.63) is 11.1 Å². The number of aromatic nitrogens is 3. The molecule has 1 aromatic heterocycles. The van der Waals surface area contributed by atoms with Gasteiger partial charge >= 0.3 is 0 Å². The minimum atomic E-state index is 0.0931. The number of carbonyl (C=O) groups is 1. The second kappa shape index (κ2) is 3.91. The lowest BCUT2D eigenvalue weighted by molar-refractivity contribution is -0.121. The van der Waals surface area contributed by atoms with Crippen LogP contribution in [0.5, 0.6) is 0 Å². The van der Waals surface area contributed by atoms with Crippen molar-refractivity contribution < 1.29 is 4.79 Å². The molecule has 76 valence electrons. The summed E-state index contributed by atoms with van der Waals surface area (Å²) in [7, 11) is 0. The van der Waals surface area contributed by atoms with Crippen LogP contribution in [0.4, 0.5) is 0 Å². The molecule has 0 unspecified atom stereocenters. The van der Waals surface area contributed by atoms with E-state index in [2.05, 4.69) is 15.5 Å². The fraction of sp³-hybridized carbons (Fsp3) is 0.625. The highest BCUT2D eigenvalue weighted by Gasteiger charge is 2.22. The maximum Gasteiger partial charge on any atom is 0.222 e. The number of carbonyl (C=O) groups excluding carboxylic acids is 1. The lowest BCUT2D eigenvalue weighted by atomic mass is 10.4. The predicted octanol–water partition coefficient (Wildman–Crippen LogP) is 0.609. The Balaban J connectivity index is 1.78. The molecule has 0 bridgehead atoms. The Hall–Kier alpha value is -1.17. The van der Waals surface area contributed by atoms with E-state index < -0.39 is 0 Å². The molecule has 1 aliphatic carbocycles. The van der Waals surface area contributed by atoms with Gasteiger partial charge < -0.3 is 9.88 Å². The van der Waals surface area contributed by atoms with Crippen LogP contribution in [0.1, 0.15) is 19.3 Å². The molecule has 0 aliphatic heterocycles. The molecule has 1 aliphatic rings. The van der Waals surface area contributed by atoms with Gasteiger partial charge in [0, 0.05) is 19.0 Å². The first kappa shape index (κ1) is 9.39. The zero-order valence-corrected chi connectivity index (χ0v) is 8.51. The van der Waals surface area contributed by atoms with Crippen LogP contribution in [0, 0.1) is 4.77 Å². The number of rotatable bonds is 4. The molecule has 0 saturated heterocycles. The van der Waals surface area contributed by atoms with Gasteiger partial charge in [-0.2, -0.15) is 5.10 Å². The number of nitrogens with one attached hydrogen (secondary N) is 2. The molecular weight excluding hydrogens is 200 g/mol. The standard InChI is InChI=1S/C8H12N4OS/c13-7(10-6-1-2-6)3-4-12-5-9-11-8(12)14/h5-6H,1-4H2,(H,10,13)(H,11,14). The van der Waals surface area contributed by atoms with Crippen LogP contribution >= 0.6 is 12.2 Å². The van der Waals surface area contributed by atoms with E-state index in [1.165, 1.54) is 0 Å². The van der Waals surface area contributed by atoms with Crippen molar-refractivity contribution in [2.24, 2.45) is 0 Å². The second-order valence-electron chi connectivity index (χ2n) is 3.45.